The molecule has 2 nitrogen and oxygen atoms in total. The summed E-state index contributed by atoms with van der Waals surface area (Å²) in [6, 6.07) is 0. The Morgan fingerprint density at radius 3 is 2.65 bits per heavy atom. The molecule has 0 spiro atoms. The number of aromatic nitrogens is 2. The number of nitrogens with zero attached hydrogens (tertiary/aromatic N) is 2. The van der Waals surface area contributed by atoms with Gasteiger partial charge in [0.2, 0.25) is 0 Å². The molecule has 1 aromatic rings. The van der Waals surface area contributed by atoms with Crippen LogP contribution in [-0.4, -0.2) is 9.97 Å². The largest absolute Gasteiger partial charge is 0.308 e. The summed E-state index contributed by atoms with van der Waals surface area (Å²) in [7, 11) is 0. The van der Waals surface area contributed by atoms with Gasteiger partial charge in [0.15, 0.2) is 0 Å². The number of hydrogen-bond acceptors (Lipinski definition) is 2. The summed E-state index contributed by atoms with van der Waals surface area (Å²) in [6.45, 7) is 6.46. The fraction of sp³-hybridized carbons (Fsp3) is 0.692. The van der Waals surface area contributed by atoms with Crippen LogP contribution in [0.3, 0.4) is 0 Å². The van der Waals surface area contributed by atoms with Gasteiger partial charge in [-0.05, 0) is 28.8 Å². The van der Waals surface area contributed by atoms with Gasteiger partial charge in [0.05, 0.1) is 10.2 Å². The Kier molecular flexibility index (Phi) is 5.50. The third kappa shape index (κ3) is 3.73. The zero-order chi connectivity index (χ0) is 12.9. The summed E-state index contributed by atoms with van der Waals surface area (Å²) < 4.78 is 14.0. The lowest BCUT2D eigenvalue weighted by Crippen LogP contribution is -2.24. The second-order valence-corrected chi connectivity index (χ2v) is 5.56. The smallest absolute Gasteiger partial charge is 0.210 e. The van der Waals surface area contributed by atoms with Crippen molar-refractivity contribution in [3.8, 4) is 0 Å². The van der Waals surface area contributed by atoms with E-state index in [9.17, 15) is 4.39 Å². The maximum absolute atomic E-state index is 13.2. The van der Waals surface area contributed by atoms with Crippen LogP contribution in [0.5, 0.6) is 0 Å². The number of hydrogen-bond donors (Lipinski definition) is 0. The predicted molar refractivity (Wildman–Crippen MR) is 71.5 cm³/mol. The van der Waals surface area contributed by atoms with Crippen molar-refractivity contribution >= 4 is 15.9 Å². The van der Waals surface area contributed by atoms with Gasteiger partial charge in [-0.25, -0.2) is 9.97 Å². The Hall–Kier alpha value is -0.510. The highest BCUT2D eigenvalue weighted by atomic mass is 79.9. The zero-order valence-corrected chi connectivity index (χ0v) is 12.3. The van der Waals surface area contributed by atoms with Crippen molar-refractivity contribution in [1.82, 2.24) is 9.97 Å². The van der Waals surface area contributed by atoms with Crippen molar-refractivity contribution in [3.05, 3.63) is 22.4 Å². The van der Waals surface area contributed by atoms with Gasteiger partial charge in [-0.2, -0.15) is 4.39 Å². The molecule has 0 amide bonds. The van der Waals surface area contributed by atoms with E-state index in [2.05, 4.69) is 46.7 Å². The van der Waals surface area contributed by atoms with Crippen LogP contribution in [0.15, 0.2) is 10.7 Å². The molecule has 4 heteroatoms. The van der Waals surface area contributed by atoms with Crippen LogP contribution in [0.2, 0.25) is 0 Å². The molecule has 0 bridgehead atoms. The van der Waals surface area contributed by atoms with Crippen LogP contribution in [-0.2, 0) is 5.41 Å². The van der Waals surface area contributed by atoms with Crippen molar-refractivity contribution in [1.29, 1.82) is 0 Å². The summed E-state index contributed by atoms with van der Waals surface area (Å²) in [5.41, 5.74) is 0.723. The van der Waals surface area contributed by atoms with Crippen molar-refractivity contribution in [2.45, 2.75) is 58.3 Å². The summed E-state index contributed by atoms with van der Waals surface area (Å²) in [6.07, 6.45) is 6.40. The quantitative estimate of drug-likeness (QED) is 0.566. The van der Waals surface area contributed by atoms with Gasteiger partial charge >= 0.3 is 6.08 Å². The van der Waals surface area contributed by atoms with E-state index in [4.69, 9.17) is 0 Å². The topological polar surface area (TPSA) is 25.8 Å². The Morgan fingerprint density at radius 2 is 2.06 bits per heavy atom. The van der Waals surface area contributed by atoms with E-state index in [0.717, 1.165) is 29.4 Å². The van der Waals surface area contributed by atoms with Gasteiger partial charge in [-0.3, -0.25) is 0 Å². The lowest BCUT2D eigenvalue weighted by atomic mass is 9.79. The van der Waals surface area contributed by atoms with E-state index in [1.54, 1.807) is 0 Å². The normalized spacial score (nSPS) is 14.6. The minimum absolute atomic E-state index is 0.0716. The lowest BCUT2D eigenvalue weighted by molar-refractivity contribution is 0.375. The fourth-order valence-corrected chi connectivity index (χ4v) is 2.67. The third-order valence-corrected chi connectivity index (χ3v) is 3.98. The molecule has 0 fully saturated rings. The van der Waals surface area contributed by atoms with Crippen molar-refractivity contribution in [3.63, 3.8) is 0 Å². The Bertz CT molecular complexity index is 370. The van der Waals surface area contributed by atoms with E-state index >= 15 is 0 Å². The molecular formula is C13H20BrFN2. The van der Waals surface area contributed by atoms with E-state index < -0.39 is 6.08 Å². The van der Waals surface area contributed by atoms with Gasteiger partial charge in [-0.1, -0.05) is 40.0 Å². The summed E-state index contributed by atoms with van der Waals surface area (Å²) >= 11 is 3.42. The first-order valence-corrected chi connectivity index (χ1v) is 7.01. The molecule has 0 aliphatic carbocycles. The predicted octanol–water partition coefficient (Wildman–Crippen LogP) is 4.63. The monoisotopic (exact) mass is 302 g/mol. The summed E-state index contributed by atoms with van der Waals surface area (Å²) in [5, 5.41) is 0. The van der Waals surface area contributed by atoms with Crippen LogP contribution in [0.25, 0.3) is 0 Å². The molecule has 0 radical (unpaired) electrons. The van der Waals surface area contributed by atoms with Crippen molar-refractivity contribution in [2.75, 3.05) is 0 Å². The van der Waals surface area contributed by atoms with Crippen LogP contribution in [0.1, 0.15) is 58.6 Å². The SMILES string of the molecule is CCCCCC(C)(CC)c1nc(F)ncc1Br. The molecule has 0 aliphatic rings. The standard InChI is InChI=1S/C13H20BrFN2/c1-4-6-7-8-13(3,5-2)11-10(14)9-16-12(15)17-11/h9H,4-8H2,1-3H3. The fourth-order valence-electron chi connectivity index (χ4n) is 2.00. The summed E-state index contributed by atoms with van der Waals surface area (Å²) in [4.78, 5) is 7.53. The van der Waals surface area contributed by atoms with Crippen LogP contribution in [0.4, 0.5) is 4.39 Å². The Balaban J connectivity index is 2.94. The average molecular weight is 303 g/mol. The van der Waals surface area contributed by atoms with Crippen LogP contribution < -0.4 is 0 Å². The Morgan fingerprint density at radius 1 is 1.35 bits per heavy atom. The average Bonchev–Trinajstić information content (AvgIpc) is 2.32. The van der Waals surface area contributed by atoms with E-state index in [0.29, 0.717) is 0 Å². The summed E-state index contributed by atoms with van der Waals surface area (Å²) in [5.74, 6) is 0. The lowest BCUT2D eigenvalue weighted by Gasteiger charge is -2.28. The van der Waals surface area contributed by atoms with Gasteiger partial charge < -0.3 is 0 Å². The van der Waals surface area contributed by atoms with Crippen LogP contribution in [0, 0.1) is 6.08 Å². The minimum atomic E-state index is -0.640. The molecule has 1 aromatic heterocycles. The van der Waals surface area contributed by atoms with E-state index in [-0.39, 0.29) is 5.41 Å². The second kappa shape index (κ2) is 6.43. The minimum Gasteiger partial charge on any atom is -0.210 e. The van der Waals surface area contributed by atoms with Crippen LogP contribution >= 0.6 is 15.9 Å². The highest BCUT2D eigenvalue weighted by Gasteiger charge is 2.28. The molecule has 0 saturated heterocycles. The molecule has 96 valence electrons. The number of rotatable bonds is 6. The first-order valence-electron chi connectivity index (χ1n) is 6.22. The second-order valence-electron chi connectivity index (χ2n) is 4.71. The number of halogens is 2. The highest BCUT2D eigenvalue weighted by Crippen LogP contribution is 2.35. The van der Waals surface area contributed by atoms with Gasteiger partial charge in [0.25, 0.3) is 0 Å². The van der Waals surface area contributed by atoms with Gasteiger partial charge in [-0.15, -0.1) is 0 Å². The van der Waals surface area contributed by atoms with Crippen molar-refractivity contribution in [2.24, 2.45) is 0 Å². The molecule has 1 rings (SSSR count). The van der Waals surface area contributed by atoms with Gasteiger partial charge in [0.1, 0.15) is 0 Å². The Labute approximate surface area is 111 Å². The third-order valence-electron chi connectivity index (χ3n) is 3.40. The van der Waals surface area contributed by atoms with E-state index in [1.165, 1.54) is 19.0 Å². The van der Waals surface area contributed by atoms with E-state index in [1.807, 2.05) is 0 Å². The molecule has 1 unspecified atom stereocenters. The van der Waals surface area contributed by atoms with Gasteiger partial charge in [0, 0.05) is 11.6 Å². The highest BCUT2D eigenvalue weighted by molar-refractivity contribution is 9.10. The molecule has 0 aliphatic heterocycles. The molecule has 1 atom stereocenters. The molecular weight excluding hydrogens is 283 g/mol. The molecule has 0 aromatic carbocycles. The van der Waals surface area contributed by atoms with Crippen molar-refractivity contribution < 1.29 is 4.39 Å². The number of unbranched alkanes of at least 4 members (excludes halogenated alkanes) is 2. The maximum Gasteiger partial charge on any atom is 0.308 e. The zero-order valence-electron chi connectivity index (χ0n) is 10.8. The molecule has 0 saturated carbocycles. The molecule has 17 heavy (non-hydrogen) atoms. The first-order chi connectivity index (χ1) is 8.03. The first kappa shape index (κ1) is 14.6. The molecule has 0 N–H and O–H groups in total. The molecule has 1 heterocycles. The maximum atomic E-state index is 13.2.